The van der Waals surface area contributed by atoms with E-state index in [1.165, 1.54) is 25.7 Å². The molecule has 0 amide bonds. The topological polar surface area (TPSA) is 59.1 Å². The standard InChI is InChI=1S/C35H62N4O4/c1-24(40)42-32-21-26-9-10-27-28(35(26,4)23-31(32)37-15-19-39(7,8)20-16-37)11-12-34(3)29(27)22-30(33(34)43-25(2)41)36-13-17-38(5,6)18-14-36/h26-33H,9-23H2,1-8H3/q+2. The molecule has 244 valence electrons. The molecule has 0 N–H and O–H groups in total. The maximum atomic E-state index is 12.5. The van der Waals surface area contributed by atoms with Crippen LogP contribution in [0.2, 0.25) is 0 Å². The van der Waals surface area contributed by atoms with Gasteiger partial charge in [0.2, 0.25) is 0 Å². The third-order valence-electron chi connectivity index (χ3n) is 14.1. The summed E-state index contributed by atoms with van der Waals surface area (Å²) in [7, 11) is 9.36. The highest BCUT2D eigenvalue weighted by Gasteiger charge is 2.65. The van der Waals surface area contributed by atoms with Crippen LogP contribution in [0, 0.1) is 34.5 Å². The molecule has 0 spiro atoms. The van der Waals surface area contributed by atoms with Crippen LogP contribution in [0.1, 0.15) is 72.6 Å². The Bertz CT molecular complexity index is 1060. The number of carbonyl (C=O) groups is 2. The van der Waals surface area contributed by atoms with Crippen LogP contribution < -0.4 is 0 Å². The number of fused-ring (bicyclic) bond motifs is 5. The fourth-order valence-electron chi connectivity index (χ4n) is 11.4. The van der Waals surface area contributed by atoms with Crippen molar-refractivity contribution in [3.8, 4) is 0 Å². The van der Waals surface area contributed by atoms with Crippen molar-refractivity contribution in [1.29, 1.82) is 0 Å². The summed E-state index contributed by atoms with van der Waals surface area (Å²) in [6.45, 7) is 17.3. The number of esters is 2. The largest absolute Gasteiger partial charge is 0.461 e. The molecule has 43 heavy (non-hydrogen) atoms. The molecule has 6 rings (SSSR count). The first-order valence-electron chi connectivity index (χ1n) is 17.6. The van der Waals surface area contributed by atoms with E-state index < -0.39 is 0 Å². The van der Waals surface area contributed by atoms with Gasteiger partial charge in [-0.05, 0) is 74.0 Å². The van der Waals surface area contributed by atoms with Gasteiger partial charge in [-0.1, -0.05) is 13.8 Å². The van der Waals surface area contributed by atoms with E-state index >= 15 is 0 Å². The smallest absolute Gasteiger partial charge is 0.302 e. The average Bonchev–Trinajstić information content (AvgIpc) is 3.20. The first-order valence-corrected chi connectivity index (χ1v) is 17.6. The lowest BCUT2D eigenvalue weighted by Gasteiger charge is -2.62. The molecule has 4 aliphatic carbocycles. The highest BCUT2D eigenvalue weighted by Crippen LogP contribution is 2.67. The second-order valence-electron chi connectivity index (χ2n) is 17.5. The number of quaternary nitrogens is 2. The minimum Gasteiger partial charge on any atom is -0.461 e. The van der Waals surface area contributed by atoms with E-state index in [0.29, 0.717) is 35.8 Å². The lowest BCUT2D eigenvalue weighted by atomic mass is 9.44. The van der Waals surface area contributed by atoms with Crippen molar-refractivity contribution in [2.75, 3.05) is 80.5 Å². The second-order valence-corrected chi connectivity index (χ2v) is 17.5. The minimum atomic E-state index is -0.123. The molecule has 2 heterocycles. The number of likely N-dealkylation sites (N-methyl/N-ethyl adjacent to an activating group) is 2. The minimum absolute atomic E-state index is 0.00234. The Kier molecular flexibility index (Phi) is 8.30. The Hall–Kier alpha value is -1.22. The lowest BCUT2D eigenvalue weighted by Crippen LogP contribution is -2.64. The van der Waals surface area contributed by atoms with Crippen LogP contribution in [0.5, 0.6) is 0 Å². The summed E-state index contributed by atoms with van der Waals surface area (Å²) in [4.78, 5) is 30.2. The van der Waals surface area contributed by atoms with Gasteiger partial charge in [0.1, 0.15) is 12.2 Å². The average molecular weight is 603 g/mol. The van der Waals surface area contributed by atoms with Gasteiger partial charge in [-0.2, -0.15) is 0 Å². The Labute approximate surface area is 261 Å². The summed E-state index contributed by atoms with van der Waals surface area (Å²) in [6.07, 6.45) is 8.22. The zero-order chi connectivity index (χ0) is 30.9. The molecular formula is C35H62N4O4+2. The number of nitrogens with zero attached hydrogens (tertiary/aromatic N) is 4. The number of ether oxygens (including phenoxy) is 2. The van der Waals surface area contributed by atoms with Crippen molar-refractivity contribution in [2.45, 2.75) is 96.9 Å². The van der Waals surface area contributed by atoms with Gasteiger partial charge >= 0.3 is 11.9 Å². The predicted octanol–water partition coefficient (Wildman–Crippen LogP) is 3.63. The van der Waals surface area contributed by atoms with Gasteiger partial charge in [0, 0.05) is 57.5 Å². The van der Waals surface area contributed by atoms with E-state index in [-0.39, 0.29) is 35.0 Å². The number of carbonyl (C=O) groups excluding carboxylic acids is 2. The number of piperazine rings is 2. The number of hydrogen-bond acceptors (Lipinski definition) is 6. The highest BCUT2D eigenvalue weighted by molar-refractivity contribution is 5.66. The summed E-state index contributed by atoms with van der Waals surface area (Å²) in [5.41, 5.74) is 0.308. The Morgan fingerprint density at radius 3 is 1.81 bits per heavy atom. The summed E-state index contributed by atoms with van der Waals surface area (Å²) in [5.74, 6) is 2.35. The number of hydrogen-bond donors (Lipinski definition) is 0. The van der Waals surface area contributed by atoms with Crippen LogP contribution in [-0.2, 0) is 19.1 Å². The lowest BCUT2D eigenvalue weighted by molar-refractivity contribution is -0.894. The molecule has 10 unspecified atom stereocenters. The van der Waals surface area contributed by atoms with Gasteiger partial charge in [-0.15, -0.1) is 0 Å². The van der Waals surface area contributed by atoms with E-state index in [1.807, 2.05) is 0 Å². The molecule has 0 aromatic carbocycles. The molecule has 2 aliphatic heterocycles. The molecule has 0 bridgehead atoms. The first-order chi connectivity index (χ1) is 20.1. The van der Waals surface area contributed by atoms with Gasteiger partial charge in [-0.25, -0.2) is 0 Å². The van der Waals surface area contributed by atoms with Crippen molar-refractivity contribution in [2.24, 2.45) is 34.5 Å². The Morgan fingerprint density at radius 1 is 0.698 bits per heavy atom. The zero-order valence-corrected chi connectivity index (χ0v) is 28.6. The molecule has 6 fully saturated rings. The van der Waals surface area contributed by atoms with Crippen molar-refractivity contribution in [3.63, 3.8) is 0 Å². The van der Waals surface area contributed by atoms with Crippen LogP contribution in [0.4, 0.5) is 0 Å². The highest BCUT2D eigenvalue weighted by atomic mass is 16.5. The van der Waals surface area contributed by atoms with E-state index in [9.17, 15) is 9.59 Å². The summed E-state index contributed by atoms with van der Waals surface area (Å²) >= 11 is 0. The molecule has 0 radical (unpaired) electrons. The van der Waals surface area contributed by atoms with Crippen LogP contribution >= 0.6 is 0 Å². The third kappa shape index (κ3) is 5.81. The SMILES string of the molecule is CC(=O)OC1CC2CCC3C(CCC4(C)C3CC(N3CC[N+](C)(C)CC3)C4OC(C)=O)C2(C)CC1N1CC[N+](C)(C)CC1. The molecule has 0 aromatic rings. The quantitative estimate of drug-likeness (QED) is 0.362. The van der Waals surface area contributed by atoms with Crippen LogP contribution in [-0.4, -0.2) is 136 Å². The maximum Gasteiger partial charge on any atom is 0.302 e. The van der Waals surface area contributed by atoms with Gasteiger partial charge in [-0.3, -0.25) is 19.4 Å². The van der Waals surface area contributed by atoms with Crippen molar-refractivity contribution < 1.29 is 28.0 Å². The van der Waals surface area contributed by atoms with Crippen LogP contribution in [0.15, 0.2) is 0 Å². The van der Waals surface area contributed by atoms with Gasteiger partial charge in [0.05, 0.1) is 54.4 Å². The third-order valence-corrected chi connectivity index (χ3v) is 14.1. The van der Waals surface area contributed by atoms with Crippen molar-refractivity contribution in [1.82, 2.24) is 9.80 Å². The molecular weight excluding hydrogens is 540 g/mol. The fourth-order valence-corrected chi connectivity index (χ4v) is 11.4. The van der Waals surface area contributed by atoms with Crippen molar-refractivity contribution in [3.05, 3.63) is 0 Å². The van der Waals surface area contributed by atoms with Gasteiger partial charge in [0.15, 0.2) is 0 Å². The molecule has 4 saturated carbocycles. The fraction of sp³-hybridized carbons (Fsp3) is 0.943. The van der Waals surface area contributed by atoms with Crippen LogP contribution in [0.25, 0.3) is 0 Å². The van der Waals surface area contributed by atoms with Crippen LogP contribution in [0.3, 0.4) is 0 Å². The van der Waals surface area contributed by atoms with Crippen molar-refractivity contribution >= 4 is 11.9 Å². The molecule has 2 saturated heterocycles. The molecule has 10 atom stereocenters. The Morgan fingerprint density at radius 2 is 1.26 bits per heavy atom. The molecule has 8 nitrogen and oxygen atoms in total. The van der Waals surface area contributed by atoms with E-state index in [0.717, 1.165) is 80.6 Å². The molecule has 6 aliphatic rings. The van der Waals surface area contributed by atoms with E-state index in [2.05, 4.69) is 51.8 Å². The number of rotatable bonds is 4. The summed E-state index contributed by atoms with van der Waals surface area (Å²) < 4.78 is 14.6. The summed E-state index contributed by atoms with van der Waals surface area (Å²) in [5, 5.41) is 0. The second kappa shape index (κ2) is 11.2. The molecule has 8 heteroatoms. The summed E-state index contributed by atoms with van der Waals surface area (Å²) in [6, 6.07) is 0.656. The predicted molar refractivity (Wildman–Crippen MR) is 168 cm³/mol. The Balaban J connectivity index is 1.26. The van der Waals surface area contributed by atoms with Gasteiger partial charge < -0.3 is 18.4 Å². The van der Waals surface area contributed by atoms with E-state index in [4.69, 9.17) is 9.47 Å². The molecule has 0 aromatic heterocycles. The monoisotopic (exact) mass is 602 g/mol. The zero-order valence-electron chi connectivity index (χ0n) is 28.6. The maximum absolute atomic E-state index is 12.5. The van der Waals surface area contributed by atoms with E-state index in [1.54, 1.807) is 13.8 Å². The first kappa shape index (κ1) is 31.7. The normalized spacial score (nSPS) is 46.2. The van der Waals surface area contributed by atoms with Gasteiger partial charge in [0.25, 0.3) is 0 Å².